The van der Waals surface area contributed by atoms with Crippen LogP contribution in [0.2, 0.25) is 0 Å². The number of allylic oxidation sites excluding steroid dienone is 2. The Kier molecular flexibility index (Phi) is 6.31. The first kappa shape index (κ1) is 15.5. The lowest BCUT2D eigenvalue weighted by Gasteiger charge is -2.24. The molecule has 2 N–H and O–H groups in total. The molecule has 0 saturated carbocycles. The van der Waals surface area contributed by atoms with E-state index >= 15 is 0 Å². The van der Waals surface area contributed by atoms with E-state index in [2.05, 4.69) is 4.99 Å². The van der Waals surface area contributed by atoms with Gasteiger partial charge in [-0.05, 0) is 33.8 Å². The molecule has 0 saturated heterocycles. The van der Waals surface area contributed by atoms with Crippen molar-refractivity contribution >= 4 is 12.3 Å². The Bertz CT molecular complexity index is 299. The third-order valence-corrected chi connectivity index (χ3v) is 1.71. The Morgan fingerprint density at radius 1 is 1.47 bits per heavy atom. The highest BCUT2D eigenvalue weighted by Crippen LogP contribution is 2.08. The summed E-state index contributed by atoms with van der Waals surface area (Å²) in [5.41, 5.74) is 5.68. The second-order valence-electron chi connectivity index (χ2n) is 4.87. The fourth-order valence-corrected chi connectivity index (χ4v) is 0.884. The number of ether oxygens (including phenoxy) is 1. The molecule has 98 valence electrons. The summed E-state index contributed by atoms with van der Waals surface area (Å²) in [6.07, 6.45) is 3.02. The normalized spacial score (nSPS) is 12.9. The summed E-state index contributed by atoms with van der Waals surface area (Å²) >= 11 is 0. The summed E-state index contributed by atoms with van der Waals surface area (Å²) in [5.74, 6) is 0. The molecule has 0 aliphatic carbocycles. The first-order valence-electron chi connectivity index (χ1n) is 5.58. The molecule has 0 radical (unpaired) electrons. The van der Waals surface area contributed by atoms with Gasteiger partial charge >= 0.3 is 6.09 Å². The molecule has 5 heteroatoms. The third kappa shape index (κ3) is 9.41. The van der Waals surface area contributed by atoms with Crippen LogP contribution in [-0.4, -0.2) is 42.9 Å². The smallest absolute Gasteiger partial charge is 0.410 e. The highest BCUT2D eigenvalue weighted by atomic mass is 16.6. The number of hydrogen-bond acceptors (Lipinski definition) is 4. The number of likely N-dealkylation sites (N-methyl/N-ethyl adjacent to an activating group) is 1. The quantitative estimate of drug-likeness (QED) is 0.763. The fraction of sp³-hybridized carbons (Fsp3) is 0.667. The molecule has 0 fully saturated rings. The van der Waals surface area contributed by atoms with Crippen molar-refractivity contribution in [2.24, 2.45) is 10.7 Å². The Morgan fingerprint density at radius 3 is 2.53 bits per heavy atom. The first-order chi connectivity index (χ1) is 7.72. The highest BCUT2D eigenvalue weighted by molar-refractivity contribution is 5.71. The van der Waals surface area contributed by atoms with Crippen molar-refractivity contribution < 1.29 is 9.53 Å². The molecular weight excluding hydrogens is 218 g/mol. The topological polar surface area (TPSA) is 67.9 Å². The van der Waals surface area contributed by atoms with Gasteiger partial charge < -0.3 is 15.4 Å². The van der Waals surface area contributed by atoms with E-state index in [1.807, 2.05) is 20.8 Å². The zero-order chi connectivity index (χ0) is 13.5. The van der Waals surface area contributed by atoms with E-state index in [0.29, 0.717) is 18.8 Å². The highest BCUT2D eigenvalue weighted by Gasteiger charge is 2.18. The maximum absolute atomic E-state index is 11.6. The molecule has 0 aromatic heterocycles. The zero-order valence-corrected chi connectivity index (χ0v) is 11.4. The number of amides is 1. The Labute approximate surface area is 103 Å². The molecule has 0 aliphatic heterocycles. The van der Waals surface area contributed by atoms with Gasteiger partial charge in [0, 0.05) is 25.5 Å². The van der Waals surface area contributed by atoms with E-state index in [4.69, 9.17) is 10.5 Å². The van der Waals surface area contributed by atoms with Crippen LogP contribution in [-0.2, 0) is 4.74 Å². The van der Waals surface area contributed by atoms with Crippen LogP contribution in [0.15, 0.2) is 16.8 Å². The Morgan fingerprint density at radius 2 is 2.06 bits per heavy atom. The van der Waals surface area contributed by atoms with Crippen molar-refractivity contribution in [1.29, 1.82) is 0 Å². The number of nitrogens with two attached hydrogens (primary N) is 1. The van der Waals surface area contributed by atoms with Gasteiger partial charge in [0.1, 0.15) is 5.60 Å². The van der Waals surface area contributed by atoms with Crippen LogP contribution >= 0.6 is 0 Å². The van der Waals surface area contributed by atoms with Crippen LogP contribution in [0.4, 0.5) is 4.79 Å². The first-order valence-corrected chi connectivity index (χ1v) is 5.58. The van der Waals surface area contributed by atoms with Gasteiger partial charge in [0.15, 0.2) is 0 Å². The van der Waals surface area contributed by atoms with Crippen LogP contribution in [0.5, 0.6) is 0 Å². The van der Waals surface area contributed by atoms with Gasteiger partial charge in [-0.15, -0.1) is 0 Å². The van der Waals surface area contributed by atoms with E-state index in [1.165, 1.54) is 4.90 Å². The molecule has 0 aliphatic rings. The lowest BCUT2D eigenvalue weighted by Crippen LogP contribution is -2.35. The van der Waals surface area contributed by atoms with Crippen molar-refractivity contribution in [1.82, 2.24) is 4.90 Å². The summed E-state index contributed by atoms with van der Waals surface area (Å²) in [4.78, 5) is 17.2. The second-order valence-corrected chi connectivity index (χ2v) is 4.87. The molecule has 0 bridgehead atoms. The number of hydrogen-bond donors (Lipinski definition) is 1. The number of carbonyl (C=O) groups excluding carboxylic acids is 1. The SMILES string of the molecule is C/C(N)=C/C=NCCN(C)C(=O)OC(C)(C)C. The third-order valence-electron chi connectivity index (χ3n) is 1.71. The molecule has 0 heterocycles. The summed E-state index contributed by atoms with van der Waals surface area (Å²) in [7, 11) is 1.69. The molecular formula is C12H23N3O2. The van der Waals surface area contributed by atoms with Gasteiger partial charge in [0.2, 0.25) is 0 Å². The van der Waals surface area contributed by atoms with Crippen LogP contribution in [0.1, 0.15) is 27.7 Å². The van der Waals surface area contributed by atoms with E-state index in [-0.39, 0.29) is 6.09 Å². The van der Waals surface area contributed by atoms with Crippen molar-refractivity contribution in [3.05, 3.63) is 11.8 Å². The average Bonchev–Trinajstić information content (AvgIpc) is 2.13. The summed E-state index contributed by atoms with van der Waals surface area (Å²) in [5, 5.41) is 0. The molecule has 0 aromatic rings. The van der Waals surface area contributed by atoms with Gasteiger partial charge in [0.25, 0.3) is 0 Å². The summed E-state index contributed by atoms with van der Waals surface area (Å²) in [6.45, 7) is 8.35. The number of rotatable bonds is 4. The van der Waals surface area contributed by atoms with Gasteiger partial charge in [-0.2, -0.15) is 0 Å². The molecule has 5 nitrogen and oxygen atoms in total. The molecule has 0 spiro atoms. The predicted octanol–water partition coefficient (Wildman–Crippen LogP) is 1.79. The molecule has 17 heavy (non-hydrogen) atoms. The van der Waals surface area contributed by atoms with Crippen LogP contribution in [0.3, 0.4) is 0 Å². The standard InChI is InChI=1S/C12H23N3O2/c1-10(13)6-7-14-8-9-15(5)11(16)17-12(2,3)4/h6-7H,8-9,13H2,1-5H3/b10-6-,14-7?. The van der Waals surface area contributed by atoms with Crippen molar-refractivity contribution in [3.63, 3.8) is 0 Å². The van der Waals surface area contributed by atoms with Gasteiger partial charge in [-0.1, -0.05) is 0 Å². The van der Waals surface area contributed by atoms with E-state index in [0.717, 1.165) is 0 Å². The monoisotopic (exact) mass is 241 g/mol. The van der Waals surface area contributed by atoms with Crippen LogP contribution < -0.4 is 5.73 Å². The van der Waals surface area contributed by atoms with Crippen molar-refractivity contribution in [2.75, 3.05) is 20.1 Å². The molecule has 0 atom stereocenters. The van der Waals surface area contributed by atoms with Crippen LogP contribution in [0.25, 0.3) is 0 Å². The number of aliphatic imine (C=N–C) groups is 1. The summed E-state index contributed by atoms with van der Waals surface area (Å²) < 4.78 is 5.20. The maximum atomic E-state index is 11.6. The Balaban J connectivity index is 3.94. The number of carbonyl (C=O) groups is 1. The van der Waals surface area contributed by atoms with Crippen molar-refractivity contribution in [3.8, 4) is 0 Å². The maximum Gasteiger partial charge on any atom is 0.410 e. The van der Waals surface area contributed by atoms with Gasteiger partial charge in [-0.25, -0.2) is 4.79 Å². The van der Waals surface area contributed by atoms with E-state index in [9.17, 15) is 4.79 Å². The van der Waals surface area contributed by atoms with Gasteiger partial charge in [-0.3, -0.25) is 4.99 Å². The fourth-order valence-electron chi connectivity index (χ4n) is 0.884. The largest absolute Gasteiger partial charge is 0.444 e. The van der Waals surface area contributed by atoms with E-state index < -0.39 is 5.60 Å². The van der Waals surface area contributed by atoms with Crippen LogP contribution in [0, 0.1) is 0 Å². The van der Waals surface area contributed by atoms with E-state index in [1.54, 1.807) is 26.3 Å². The molecule has 0 aromatic carbocycles. The number of nitrogens with zero attached hydrogens (tertiary/aromatic N) is 2. The predicted molar refractivity (Wildman–Crippen MR) is 70.2 cm³/mol. The minimum atomic E-state index is -0.464. The molecule has 0 rings (SSSR count). The Hall–Kier alpha value is -1.52. The molecule has 1 amide bonds. The minimum Gasteiger partial charge on any atom is -0.444 e. The van der Waals surface area contributed by atoms with Gasteiger partial charge in [0.05, 0.1) is 6.54 Å². The average molecular weight is 241 g/mol. The lowest BCUT2D eigenvalue weighted by atomic mass is 10.2. The minimum absolute atomic E-state index is 0.335. The van der Waals surface area contributed by atoms with Crippen molar-refractivity contribution in [2.45, 2.75) is 33.3 Å². The lowest BCUT2D eigenvalue weighted by molar-refractivity contribution is 0.0304. The second kappa shape index (κ2) is 6.93. The zero-order valence-electron chi connectivity index (χ0n) is 11.4. The molecule has 0 unspecified atom stereocenters. The summed E-state index contributed by atoms with van der Waals surface area (Å²) in [6, 6.07) is 0.